The Hall–Kier alpha value is -3.10. The first-order valence-electron chi connectivity index (χ1n) is 10.6. The lowest BCUT2D eigenvalue weighted by Crippen LogP contribution is -2.15. The van der Waals surface area contributed by atoms with E-state index in [4.69, 9.17) is 4.98 Å². The van der Waals surface area contributed by atoms with Gasteiger partial charge in [-0.15, -0.1) is 0 Å². The van der Waals surface area contributed by atoms with E-state index in [-0.39, 0.29) is 11.7 Å². The van der Waals surface area contributed by atoms with Gasteiger partial charge in [-0.05, 0) is 68.4 Å². The third-order valence-corrected chi connectivity index (χ3v) is 6.51. The van der Waals surface area contributed by atoms with Gasteiger partial charge in [-0.3, -0.25) is 4.79 Å². The Morgan fingerprint density at radius 1 is 1.10 bits per heavy atom. The summed E-state index contributed by atoms with van der Waals surface area (Å²) in [6.45, 7) is 4.05. The van der Waals surface area contributed by atoms with Crippen LogP contribution in [0.1, 0.15) is 40.8 Å². The van der Waals surface area contributed by atoms with Gasteiger partial charge in [-0.1, -0.05) is 53.7 Å². The second-order valence-electron chi connectivity index (χ2n) is 7.98. The minimum absolute atomic E-state index is 0.101. The molecule has 1 aromatic heterocycles. The van der Waals surface area contributed by atoms with Gasteiger partial charge in [0.2, 0.25) is 5.91 Å². The van der Waals surface area contributed by atoms with Gasteiger partial charge in [0.1, 0.15) is 11.1 Å². The highest BCUT2D eigenvalue weighted by Gasteiger charge is 2.23. The van der Waals surface area contributed by atoms with Crippen molar-refractivity contribution in [3.8, 4) is 17.2 Å². The molecule has 0 saturated heterocycles. The van der Waals surface area contributed by atoms with Gasteiger partial charge >= 0.3 is 0 Å². The number of aryl methyl sites for hydroxylation is 3. The Balaban J connectivity index is 1.64. The second kappa shape index (κ2) is 9.36. The summed E-state index contributed by atoms with van der Waals surface area (Å²) in [5, 5.41) is 13.6. The molecule has 31 heavy (non-hydrogen) atoms. The number of pyridine rings is 1. The quantitative estimate of drug-likeness (QED) is 0.519. The third-order valence-electron chi connectivity index (χ3n) is 5.53. The van der Waals surface area contributed by atoms with Crippen molar-refractivity contribution >= 4 is 23.4 Å². The fourth-order valence-electron chi connectivity index (χ4n) is 4.02. The van der Waals surface area contributed by atoms with Crippen LogP contribution < -0.4 is 5.32 Å². The normalized spacial score (nSPS) is 12.7. The number of anilines is 1. The number of amides is 1. The zero-order valence-corrected chi connectivity index (χ0v) is 18.7. The number of rotatable bonds is 5. The maximum absolute atomic E-state index is 12.5. The van der Waals surface area contributed by atoms with Gasteiger partial charge in [0.05, 0.1) is 11.3 Å². The number of nitriles is 1. The molecule has 0 bridgehead atoms. The molecule has 0 unspecified atom stereocenters. The molecule has 0 spiro atoms. The van der Waals surface area contributed by atoms with Crippen LogP contribution in [0.5, 0.6) is 0 Å². The van der Waals surface area contributed by atoms with Crippen LogP contribution in [-0.2, 0) is 17.6 Å². The molecule has 1 amide bonds. The van der Waals surface area contributed by atoms with Gasteiger partial charge in [0.25, 0.3) is 0 Å². The number of aromatic nitrogens is 1. The second-order valence-corrected chi connectivity index (χ2v) is 8.95. The van der Waals surface area contributed by atoms with E-state index in [1.165, 1.54) is 22.9 Å². The average Bonchev–Trinajstić information content (AvgIpc) is 2.77. The maximum atomic E-state index is 12.5. The molecule has 0 atom stereocenters. The molecule has 0 fully saturated rings. The monoisotopic (exact) mass is 427 g/mol. The fourth-order valence-corrected chi connectivity index (χ4v) is 4.83. The summed E-state index contributed by atoms with van der Waals surface area (Å²) in [6, 6.07) is 18.4. The van der Waals surface area contributed by atoms with Crippen LogP contribution in [0.3, 0.4) is 0 Å². The lowest BCUT2D eigenvalue weighted by atomic mass is 9.87. The van der Waals surface area contributed by atoms with E-state index >= 15 is 0 Å². The van der Waals surface area contributed by atoms with E-state index < -0.39 is 0 Å². The Labute approximate surface area is 187 Å². The van der Waals surface area contributed by atoms with Crippen molar-refractivity contribution in [2.45, 2.75) is 44.6 Å². The number of fused-ring (bicyclic) bond motifs is 1. The summed E-state index contributed by atoms with van der Waals surface area (Å²) < 4.78 is 0. The van der Waals surface area contributed by atoms with Crippen molar-refractivity contribution in [1.29, 1.82) is 5.26 Å². The summed E-state index contributed by atoms with van der Waals surface area (Å²) in [4.78, 5) is 17.4. The zero-order chi connectivity index (χ0) is 21.8. The van der Waals surface area contributed by atoms with Crippen molar-refractivity contribution < 1.29 is 4.79 Å². The standard InChI is InChI=1S/C26H25N3OS/c1-17-10-12-19(13-11-17)25-21-8-3-4-9-23(21)29-26(22(25)15-27)31-16-24(30)28-20-7-5-6-18(2)14-20/h5-7,10-14H,3-4,8-9,16H2,1-2H3,(H,28,30). The van der Waals surface area contributed by atoms with Crippen molar-refractivity contribution in [3.63, 3.8) is 0 Å². The molecule has 1 aliphatic carbocycles. The highest BCUT2D eigenvalue weighted by Crippen LogP contribution is 2.38. The molecule has 0 saturated carbocycles. The molecule has 2 aromatic carbocycles. The van der Waals surface area contributed by atoms with E-state index in [1.807, 2.05) is 31.2 Å². The van der Waals surface area contributed by atoms with Gasteiger partial charge in [-0.25, -0.2) is 4.98 Å². The van der Waals surface area contributed by atoms with Crippen LogP contribution in [0.2, 0.25) is 0 Å². The summed E-state index contributed by atoms with van der Waals surface area (Å²) in [5.41, 5.74) is 7.96. The molecule has 1 heterocycles. The summed E-state index contributed by atoms with van der Waals surface area (Å²) in [6.07, 6.45) is 4.09. The van der Waals surface area contributed by atoms with Gasteiger partial charge < -0.3 is 5.32 Å². The number of nitrogens with one attached hydrogen (secondary N) is 1. The van der Waals surface area contributed by atoms with Crippen molar-refractivity contribution in [3.05, 3.63) is 76.5 Å². The van der Waals surface area contributed by atoms with Gasteiger partial charge in [0.15, 0.2) is 0 Å². The van der Waals surface area contributed by atoms with Crippen LogP contribution >= 0.6 is 11.8 Å². The number of nitrogens with zero attached hydrogens (tertiary/aromatic N) is 2. The molecule has 1 aliphatic rings. The molecule has 156 valence electrons. The van der Waals surface area contributed by atoms with Crippen LogP contribution in [0.4, 0.5) is 5.69 Å². The van der Waals surface area contributed by atoms with Gasteiger partial charge in [-0.2, -0.15) is 5.26 Å². The number of carbonyl (C=O) groups excluding carboxylic acids is 1. The van der Waals surface area contributed by atoms with Crippen LogP contribution in [0, 0.1) is 25.2 Å². The molecule has 1 N–H and O–H groups in total. The number of hydrogen-bond acceptors (Lipinski definition) is 4. The first kappa shape index (κ1) is 21.1. The number of carbonyl (C=O) groups is 1. The molecule has 5 heteroatoms. The third kappa shape index (κ3) is 4.81. The van der Waals surface area contributed by atoms with Crippen LogP contribution in [0.15, 0.2) is 53.6 Å². The largest absolute Gasteiger partial charge is 0.325 e. The van der Waals surface area contributed by atoms with E-state index in [0.29, 0.717) is 10.6 Å². The first-order valence-corrected chi connectivity index (χ1v) is 11.6. The SMILES string of the molecule is Cc1ccc(-c2c(C#N)c(SCC(=O)Nc3cccc(C)c3)nc3c2CCCC3)cc1. The fraction of sp³-hybridized carbons (Fsp3) is 0.269. The lowest BCUT2D eigenvalue weighted by molar-refractivity contribution is -0.113. The van der Waals surface area contributed by atoms with Gasteiger partial charge in [0, 0.05) is 16.9 Å². The van der Waals surface area contributed by atoms with Crippen LogP contribution in [-0.4, -0.2) is 16.6 Å². The minimum Gasteiger partial charge on any atom is -0.325 e. The van der Waals surface area contributed by atoms with Crippen molar-refractivity contribution in [2.75, 3.05) is 11.1 Å². The highest BCUT2D eigenvalue weighted by atomic mass is 32.2. The van der Waals surface area contributed by atoms with E-state index in [0.717, 1.165) is 53.8 Å². The Kier molecular flexibility index (Phi) is 6.39. The predicted octanol–water partition coefficient (Wildman–Crippen LogP) is 5.85. The Bertz CT molecular complexity index is 1160. The molecule has 4 nitrogen and oxygen atoms in total. The van der Waals surface area contributed by atoms with Crippen molar-refractivity contribution in [2.24, 2.45) is 0 Å². The van der Waals surface area contributed by atoms with Crippen molar-refractivity contribution in [1.82, 2.24) is 4.98 Å². The topological polar surface area (TPSA) is 65.8 Å². The first-order chi connectivity index (χ1) is 15.0. The molecular weight excluding hydrogens is 402 g/mol. The number of benzene rings is 2. The summed E-state index contributed by atoms with van der Waals surface area (Å²) in [7, 11) is 0. The summed E-state index contributed by atoms with van der Waals surface area (Å²) >= 11 is 1.34. The lowest BCUT2D eigenvalue weighted by Gasteiger charge is -2.22. The predicted molar refractivity (Wildman–Crippen MR) is 126 cm³/mol. The smallest absolute Gasteiger partial charge is 0.234 e. The zero-order valence-electron chi connectivity index (χ0n) is 17.9. The Morgan fingerprint density at radius 2 is 1.87 bits per heavy atom. The number of hydrogen-bond donors (Lipinski definition) is 1. The van der Waals surface area contributed by atoms with E-state index in [2.05, 4.69) is 42.6 Å². The summed E-state index contributed by atoms with van der Waals surface area (Å²) in [5.74, 6) is 0.109. The number of thioether (sulfide) groups is 1. The molecule has 0 radical (unpaired) electrons. The molecule has 0 aliphatic heterocycles. The molecular formula is C26H25N3OS. The van der Waals surface area contributed by atoms with E-state index in [9.17, 15) is 10.1 Å². The van der Waals surface area contributed by atoms with E-state index in [1.54, 1.807) is 0 Å². The average molecular weight is 428 g/mol. The highest BCUT2D eigenvalue weighted by molar-refractivity contribution is 8.00. The molecule has 4 rings (SSSR count). The molecule has 3 aromatic rings. The maximum Gasteiger partial charge on any atom is 0.234 e. The van der Waals surface area contributed by atoms with Crippen LogP contribution in [0.25, 0.3) is 11.1 Å². The Morgan fingerprint density at radius 3 is 2.61 bits per heavy atom. The minimum atomic E-state index is -0.101.